The van der Waals surface area contributed by atoms with Crippen LogP contribution in [0.3, 0.4) is 0 Å². The summed E-state index contributed by atoms with van der Waals surface area (Å²) in [7, 11) is 0. The smallest absolute Gasteiger partial charge is 0.295 e. The number of benzene rings is 3. The summed E-state index contributed by atoms with van der Waals surface area (Å²) in [5, 5.41) is 10.9. The first-order valence-electron chi connectivity index (χ1n) is 9.09. The van der Waals surface area contributed by atoms with Gasteiger partial charge in [0.15, 0.2) is 0 Å². The van der Waals surface area contributed by atoms with Gasteiger partial charge in [-0.25, -0.2) is 0 Å². The third-order valence-corrected chi connectivity index (χ3v) is 4.90. The number of carbonyl (C=O) groups excluding carboxylic acids is 2. The molecule has 0 radical (unpaired) electrons. The molecule has 1 unspecified atom stereocenters. The average Bonchev–Trinajstić information content (AvgIpc) is 3.00. The highest BCUT2D eigenvalue weighted by molar-refractivity contribution is 6.46. The van der Waals surface area contributed by atoms with Crippen LogP contribution < -0.4 is 0 Å². The van der Waals surface area contributed by atoms with Crippen molar-refractivity contribution in [3.63, 3.8) is 0 Å². The fourth-order valence-corrected chi connectivity index (χ4v) is 3.56. The second-order valence-electron chi connectivity index (χ2n) is 6.69. The van der Waals surface area contributed by atoms with Crippen LogP contribution in [0.4, 0.5) is 0 Å². The number of amides is 1. The zero-order chi connectivity index (χ0) is 19.5. The summed E-state index contributed by atoms with van der Waals surface area (Å²) in [6, 6.07) is 27.1. The van der Waals surface area contributed by atoms with Crippen LogP contribution in [0.1, 0.15) is 22.7 Å². The summed E-state index contributed by atoms with van der Waals surface area (Å²) in [5.41, 5.74) is 2.35. The quantitative estimate of drug-likeness (QED) is 0.424. The van der Waals surface area contributed by atoms with Crippen molar-refractivity contribution in [2.45, 2.75) is 12.6 Å². The van der Waals surface area contributed by atoms with E-state index in [4.69, 9.17) is 0 Å². The Labute approximate surface area is 163 Å². The van der Waals surface area contributed by atoms with Gasteiger partial charge in [0.25, 0.3) is 11.7 Å². The maximum atomic E-state index is 12.9. The number of Topliss-reactive ketones (excluding diaryl/α,β-unsaturated/α-hetero) is 1. The minimum Gasteiger partial charge on any atom is -0.507 e. The first-order chi connectivity index (χ1) is 13.7. The second kappa shape index (κ2) is 7.53. The van der Waals surface area contributed by atoms with Crippen molar-refractivity contribution in [2.75, 3.05) is 0 Å². The normalized spacial score (nSPS) is 18.4. The van der Waals surface area contributed by atoms with Crippen molar-refractivity contribution in [1.29, 1.82) is 0 Å². The standard InChI is InChI=1S/C24H19NO3/c26-22(19-14-8-3-9-15-19)20-21(18-12-6-2-7-13-18)25(24(28)23(20)27)16-17-10-4-1-5-11-17/h1-15,21,26H,16H2/b22-20+. The number of hydrogen-bond donors (Lipinski definition) is 1. The molecule has 0 aromatic heterocycles. The van der Waals surface area contributed by atoms with Gasteiger partial charge in [0.05, 0.1) is 11.6 Å². The van der Waals surface area contributed by atoms with Crippen LogP contribution in [0, 0.1) is 0 Å². The van der Waals surface area contributed by atoms with Crippen LogP contribution in [0.25, 0.3) is 5.76 Å². The van der Waals surface area contributed by atoms with Crippen LogP contribution in [0.15, 0.2) is 96.6 Å². The van der Waals surface area contributed by atoms with Crippen molar-refractivity contribution < 1.29 is 14.7 Å². The Bertz CT molecular complexity index is 1030. The first-order valence-corrected chi connectivity index (χ1v) is 9.09. The minimum atomic E-state index is -0.661. The number of likely N-dealkylation sites (tertiary alicyclic amines) is 1. The molecule has 3 aromatic carbocycles. The molecular weight excluding hydrogens is 350 g/mol. The van der Waals surface area contributed by atoms with Crippen molar-refractivity contribution in [3.05, 3.63) is 113 Å². The maximum absolute atomic E-state index is 12.9. The lowest BCUT2D eigenvalue weighted by molar-refractivity contribution is -0.140. The van der Waals surface area contributed by atoms with Gasteiger partial charge in [-0.2, -0.15) is 0 Å². The van der Waals surface area contributed by atoms with Gasteiger partial charge < -0.3 is 10.0 Å². The van der Waals surface area contributed by atoms with E-state index in [9.17, 15) is 14.7 Å². The van der Waals surface area contributed by atoms with E-state index in [0.29, 0.717) is 5.56 Å². The molecule has 1 N–H and O–H groups in total. The van der Waals surface area contributed by atoms with Gasteiger partial charge in [-0.15, -0.1) is 0 Å². The molecule has 3 aromatic rings. The van der Waals surface area contributed by atoms with Gasteiger partial charge in [-0.3, -0.25) is 9.59 Å². The Kier molecular flexibility index (Phi) is 4.77. The first kappa shape index (κ1) is 17.7. The highest BCUT2D eigenvalue weighted by Crippen LogP contribution is 2.40. The van der Waals surface area contributed by atoms with Gasteiger partial charge in [0.1, 0.15) is 5.76 Å². The van der Waals surface area contributed by atoms with Crippen molar-refractivity contribution in [1.82, 2.24) is 4.90 Å². The van der Waals surface area contributed by atoms with Gasteiger partial charge >= 0.3 is 0 Å². The Hall–Kier alpha value is -3.66. The number of carbonyl (C=O) groups is 2. The Morgan fingerprint density at radius 1 is 0.786 bits per heavy atom. The summed E-state index contributed by atoms with van der Waals surface area (Å²) in [5.74, 6) is -1.41. The summed E-state index contributed by atoms with van der Waals surface area (Å²) in [4.78, 5) is 27.3. The number of nitrogens with zero attached hydrogens (tertiary/aromatic N) is 1. The predicted octanol–water partition coefficient (Wildman–Crippen LogP) is 4.31. The van der Waals surface area contributed by atoms with Gasteiger partial charge in [-0.1, -0.05) is 91.0 Å². The molecule has 4 nitrogen and oxygen atoms in total. The highest BCUT2D eigenvalue weighted by atomic mass is 16.3. The van der Waals surface area contributed by atoms with Crippen molar-refractivity contribution >= 4 is 17.4 Å². The third-order valence-electron chi connectivity index (χ3n) is 4.90. The van der Waals surface area contributed by atoms with E-state index in [0.717, 1.165) is 11.1 Å². The molecule has 0 aliphatic carbocycles. The maximum Gasteiger partial charge on any atom is 0.295 e. The summed E-state index contributed by atoms with van der Waals surface area (Å²) >= 11 is 0. The number of aliphatic hydroxyl groups is 1. The topological polar surface area (TPSA) is 57.6 Å². The van der Waals surface area contributed by atoms with E-state index < -0.39 is 17.7 Å². The molecule has 0 bridgehead atoms. The van der Waals surface area contributed by atoms with E-state index in [1.807, 2.05) is 66.7 Å². The minimum absolute atomic E-state index is 0.123. The predicted molar refractivity (Wildman–Crippen MR) is 107 cm³/mol. The lowest BCUT2D eigenvalue weighted by atomic mass is 9.95. The van der Waals surface area contributed by atoms with Gasteiger partial charge in [-0.05, 0) is 11.1 Å². The fourth-order valence-electron chi connectivity index (χ4n) is 3.56. The molecule has 4 heteroatoms. The third kappa shape index (κ3) is 3.21. The van der Waals surface area contributed by atoms with E-state index in [1.54, 1.807) is 24.3 Å². The molecule has 0 spiro atoms. The number of rotatable bonds is 4. The molecule has 1 aliphatic heterocycles. The molecule has 138 valence electrons. The van der Waals surface area contributed by atoms with Crippen LogP contribution in [0.2, 0.25) is 0 Å². The monoisotopic (exact) mass is 369 g/mol. The van der Waals surface area contributed by atoms with Gasteiger partial charge in [0.2, 0.25) is 0 Å². The molecule has 1 heterocycles. The molecule has 28 heavy (non-hydrogen) atoms. The highest BCUT2D eigenvalue weighted by Gasteiger charge is 2.45. The van der Waals surface area contributed by atoms with Crippen LogP contribution in [-0.2, 0) is 16.1 Å². The average molecular weight is 369 g/mol. The number of hydrogen-bond acceptors (Lipinski definition) is 3. The fraction of sp³-hybridized carbons (Fsp3) is 0.0833. The zero-order valence-corrected chi connectivity index (χ0v) is 15.2. The molecule has 1 aliphatic rings. The number of ketones is 1. The molecule has 1 saturated heterocycles. The van der Waals surface area contributed by atoms with E-state index >= 15 is 0 Å². The Balaban J connectivity index is 1.85. The molecule has 1 atom stereocenters. The Morgan fingerprint density at radius 2 is 1.32 bits per heavy atom. The van der Waals surface area contributed by atoms with E-state index in [2.05, 4.69) is 0 Å². The summed E-state index contributed by atoms with van der Waals surface area (Å²) in [6.45, 7) is 0.288. The van der Waals surface area contributed by atoms with Gasteiger partial charge in [0, 0.05) is 12.1 Å². The largest absolute Gasteiger partial charge is 0.507 e. The molecule has 1 amide bonds. The number of aliphatic hydroxyl groups excluding tert-OH is 1. The summed E-state index contributed by atoms with van der Waals surface area (Å²) in [6.07, 6.45) is 0. The molecule has 1 fully saturated rings. The SMILES string of the molecule is O=C1C(=O)N(Cc2ccccc2)C(c2ccccc2)/C1=C(\O)c1ccccc1. The van der Waals surface area contributed by atoms with Crippen LogP contribution in [-0.4, -0.2) is 21.7 Å². The Morgan fingerprint density at radius 3 is 1.93 bits per heavy atom. The molecule has 4 rings (SSSR count). The van der Waals surface area contributed by atoms with E-state index in [1.165, 1.54) is 4.90 Å². The summed E-state index contributed by atoms with van der Waals surface area (Å²) < 4.78 is 0. The van der Waals surface area contributed by atoms with E-state index in [-0.39, 0.29) is 17.9 Å². The molecular formula is C24H19NO3. The lowest BCUT2D eigenvalue weighted by Gasteiger charge is -2.25. The second-order valence-corrected chi connectivity index (χ2v) is 6.69. The van der Waals surface area contributed by atoms with Crippen LogP contribution >= 0.6 is 0 Å². The zero-order valence-electron chi connectivity index (χ0n) is 15.2. The van der Waals surface area contributed by atoms with Crippen molar-refractivity contribution in [2.24, 2.45) is 0 Å². The van der Waals surface area contributed by atoms with Crippen molar-refractivity contribution in [3.8, 4) is 0 Å². The lowest BCUT2D eigenvalue weighted by Crippen LogP contribution is -2.29. The molecule has 0 saturated carbocycles. The van der Waals surface area contributed by atoms with Crippen LogP contribution in [0.5, 0.6) is 0 Å².